The SMILES string of the molecule is C[C@H](NC(=O)CN1CCC(C(=O)N2CCCCCC2)CC1)c1ccc(-c2ccccc2)cc1. The average molecular weight is 448 g/mol. The van der Waals surface area contributed by atoms with Gasteiger partial charge in [-0.25, -0.2) is 0 Å². The van der Waals surface area contributed by atoms with Crippen molar-refractivity contribution in [3.05, 3.63) is 60.2 Å². The molecule has 2 fully saturated rings. The van der Waals surface area contributed by atoms with E-state index < -0.39 is 0 Å². The molecule has 2 saturated heterocycles. The van der Waals surface area contributed by atoms with Crippen LogP contribution in [0.4, 0.5) is 0 Å². The third-order valence-electron chi connectivity index (χ3n) is 7.12. The van der Waals surface area contributed by atoms with Gasteiger partial charge in [0.1, 0.15) is 0 Å². The van der Waals surface area contributed by atoms with Crippen LogP contribution in [0.2, 0.25) is 0 Å². The summed E-state index contributed by atoms with van der Waals surface area (Å²) < 4.78 is 0. The molecule has 1 N–H and O–H groups in total. The number of nitrogens with zero attached hydrogens (tertiary/aromatic N) is 2. The Bertz CT molecular complexity index is 896. The molecule has 0 radical (unpaired) electrons. The van der Waals surface area contributed by atoms with Gasteiger partial charge in [0.15, 0.2) is 0 Å². The van der Waals surface area contributed by atoms with Crippen molar-refractivity contribution in [3.8, 4) is 11.1 Å². The minimum Gasteiger partial charge on any atom is -0.348 e. The first-order valence-corrected chi connectivity index (χ1v) is 12.6. The fourth-order valence-electron chi connectivity index (χ4n) is 5.06. The van der Waals surface area contributed by atoms with Gasteiger partial charge in [-0.1, -0.05) is 67.4 Å². The lowest BCUT2D eigenvalue weighted by atomic mass is 9.95. The zero-order valence-corrected chi connectivity index (χ0v) is 19.8. The predicted octanol–water partition coefficient (Wildman–Crippen LogP) is 4.65. The van der Waals surface area contributed by atoms with Crippen molar-refractivity contribution in [2.24, 2.45) is 5.92 Å². The second-order valence-corrected chi connectivity index (χ2v) is 9.57. The molecule has 1 atom stereocenters. The minimum absolute atomic E-state index is 0.0375. The van der Waals surface area contributed by atoms with Crippen LogP contribution < -0.4 is 5.32 Å². The summed E-state index contributed by atoms with van der Waals surface area (Å²) in [4.78, 5) is 29.8. The first-order valence-electron chi connectivity index (χ1n) is 12.6. The van der Waals surface area contributed by atoms with Crippen molar-refractivity contribution in [2.45, 2.75) is 51.5 Å². The molecule has 5 heteroatoms. The number of nitrogens with one attached hydrogen (secondary N) is 1. The lowest BCUT2D eigenvalue weighted by molar-refractivity contribution is -0.137. The zero-order valence-electron chi connectivity index (χ0n) is 19.8. The summed E-state index contributed by atoms with van der Waals surface area (Å²) in [7, 11) is 0. The molecule has 2 amide bonds. The highest BCUT2D eigenvalue weighted by molar-refractivity contribution is 5.80. The van der Waals surface area contributed by atoms with E-state index in [9.17, 15) is 9.59 Å². The van der Waals surface area contributed by atoms with Gasteiger partial charge in [0, 0.05) is 19.0 Å². The topological polar surface area (TPSA) is 52.7 Å². The maximum Gasteiger partial charge on any atom is 0.234 e. The Balaban J connectivity index is 1.22. The largest absolute Gasteiger partial charge is 0.348 e. The molecule has 2 aliphatic heterocycles. The molecule has 0 spiro atoms. The van der Waals surface area contributed by atoms with Crippen LogP contribution in [-0.2, 0) is 9.59 Å². The Labute approximate surface area is 198 Å². The fraction of sp³-hybridized carbons (Fsp3) is 0.500. The van der Waals surface area contributed by atoms with E-state index in [1.54, 1.807) is 0 Å². The maximum atomic E-state index is 12.9. The van der Waals surface area contributed by atoms with Gasteiger partial charge >= 0.3 is 0 Å². The first-order chi connectivity index (χ1) is 16.1. The number of piperidine rings is 1. The smallest absolute Gasteiger partial charge is 0.234 e. The van der Waals surface area contributed by atoms with Crippen LogP contribution in [0.5, 0.6) is 0 Å². The summed E-state index contributed by atoms with van der Waals surface area (Å²) in [6, 6.07) is 18.7. The lowest BCUT2D eigenvalue weighted by Crippen LogP contribution is -2.45. The number of amides is 2. The maximum absolute atomic E-state index is 12.9. The van der Waals surface area contributed by atoms with E-state index in [2.05, 4.69) is 51.5 Å². The number of likely N-dealkylation sites (tertiary alicyclic amines) is 2. The predicted molar refractivity (Wildman–Crippen MR) is 133 cm³/mol. The van der Waals surface area contributed by atoms with E-state index in [4.69, 9.17) is 0 Å². The molecule has 33 heavy (non-hydrogen) atoms. The zero-order chi connectivity index (χ0) is 23.0. The highest BCUT2D eigenvalue weighted by atomic mass is 16.2. The van der Waals surface area contributed by atoms with E-state index in [0.717, 1.165) is 57.4 Å². The molecule has 0 bridgehead atoms. The summed E-state index contributed by atoms with van der Waals surface area (Å²) in [6.45, 7) is 5.91. The van der Waals surface area contributed by atoms with Crippen molar-refractivity contribution in [2.75, 3.05) is 32.7 Å². The fourth-order valence-corrected chi connectivity index (χ4v) is 5.06. The number of rotatable bonds is 6. The number of benzene rings is 2. The Morgan fingerprint density at radius 3 is 2.09 bits per heavy atom. The van der Waals surface area contributed by atoms with E-state index in [1.807, 2.05) is 25.1 Å². The van der Waals surface area contributed by atoms with Crippen LogP contribution in [0.15, 0.2) is 54.6 Å². The van der Waals surface area contributed by atoms with Crippen molar-refractivity contribution in [3.63, 3.8) is 0 Å². The third-order valence-corrected chi connectivity index (χ3v) is 7.12. The second kappa shape index (κ2) is 11.5. The molecule has 4 rings (SSSR count). The summed E-state index contributed by atoms with van der Waals surface area (Å²) in [6.07, 6.45) is 6.48. The Morgan fingerprint density at radius 1 is 0.848 bits per heavy atom. The van der Waals surface area contributed by atoms with E-state index in [1.165, 1.54) is 24.0 Å². The monoisotopic (exact) mass is 447 g/mol. The van der Waals surface area contributed by atoms with Gasteiger partial charge in [0.25, 0.3) is 0 Å². The van der Waals surface area contributed by atoms with Gasteiger partial charge in [-0.3, -0.25) is 14.5 Å². The summed E-state index contributed by atoms with van der Waals surface area (Å²) >= 11 is 0. The number of carbonyl (C=O) groups excluding carboxylic acids is 2. The van der Waals surface area contributed by atoms with Crippen LogP contribution in [-0.4, -0.2) is 54.3 Å². The van der Waals surface area contributed by atoms with Crippen LogP contribution >= 0.6 is 0 Å². The van der Waals surface area contributed by atoms with Crippen LogP contribution in [0, 0.1) is 5.92 Å². The second-order valence-electron chi connectivity index (χ2n) is 9.57. The Hall–Kier alpha value is -2.66. The summed E-state index contributed by atoms with van der Waals surface area (Å²) in [5.74, 6) is 0.518. The quantitative estimate of drug-likeness (QED) is 0.702. The van der Waals surface area contributed by atoms with Gasteiger partial charge in [-0.05, 0) is 62.4 Å². The first kappa shape index (κ1) is 23.5. The Morgan fingerprint density at radius 2 is 1.45 bits per heavy atom. The van der Waals surface area contributed by atoms with Crippen molar-refractivity contribution < 1.29 is 9.59 Å². The van der Waals surface area contributed by atoms with Crippen molar-refractivity contribution in [1.82, 2.24) is 15.1 Å². The number of hydrogen-bond acceptors (Lipinski definition) is 3. The van der Waals surface area contributed by atoms with Gasteiger partial charge in [-0.2, -0.15) is 0 Å². The molecule has 2 aromatic carbocycles. The molecule has 2 aromatic rings. The van der Waals surface area contributed by atoms with E-state index in [0.29, 0.717) is 12.5 Å². The molecular formula is C28H37N3O2. The molecule has 0 aliphatic carbocycles. The van der Waals surface area contributed by atoms with Gasteiger partial charge in [0.05, 0.1) is 12.6 Å². The van der Waals surface area contributed by atoms with E-state index in [-0.39, 0.29) is 17.9 Å². The highest BCUT2D eigenvalue weighted by Crippen LogP contribution is 2.23. The molecule has 0 aromatic heterocycles. The van der Waals surface area contributed by atoms with Crippen molar-refractivity contribution >= 4 is 11.8 Å². The highest BCUT2D eigenvalue weighted by Gasteiger charge is 2.29. The van der Waals surface area contributed by atoms with E-state index >= 15 is 0 Å². The van der Waals surface area contributed by atoms with Gasteiger partial charge in [0.2, 0.25) is 11.8 Å². The summed E-state index contributed by atoms with van der Waals surface area (Å²) in [5.41, 5.74) is 3.47. The van der Waals surface area contributed by atoms with Crippen LogP contribution in [0.25, 0.3) is 11.1 Å². The van der Waals surface area contributed by atoms with Crippen LogP contribution in [0.3, 0.4) is 0 Å². The standard InChI is InChI=1S/C28H37N3O2/c1-22(23-11-13-25(14-12-23)24-9-5-4-6-10-24)29-27(32)21-30-19-15-26(16-20-30)28(33)31-17-7-2-3-8-18-31/h4-6,9-14,22,26H,2-3,7-8,15-21H2,1H3,(H,29,32)/t22-/m0/s1. The Kier molecular flexibility index (Phi) is 8.16. The molecule has 2 aliphatic rings. The third kappa shape index (κ3) is 6.44. The number of hydrogen-bond donors (Lipinski definition) is 1. The minimum atomic E-state index is -0.0375. The lowest BCUT2D eigenvalue weighted by Gasteiger charge is -2.33. The van der Waals surface area contributed by atoms with Gasteiger partial charge in [-0.15, -0.1) is 0 Å². The molecule has 176 valence electrons. The van der Waals surface area contributed by atoms with Gasteiger partial charge < -0.3 is 10.2 Å². The van der Waals surface area contributed by atoms with Crippen molar-refractivity contribution in [1.29, 1.82) is 0 Å². The molecular weight excluding hydrogens is 410 g/mol. The van der Waals surface area contributed by atoms with Crippen LogP contribution in [0.1, 0.15) is 57.1 Å². The normalized spacial score (nSPS) is 19.0. The molecule has 0 unspecified atom stereocenters. The molecule has 5 nitrogen and oxygen atoms in total. The molecule has 0 saturated carbocycles. The number of carbonyl (C=O) groups is 2. The summed E-state index contributed by atoms with van der Waals surface area (Å²) in [5, 5.41) is 3.14. The average Bonchev–Trinajstić information content (AvgIpc) is 3.14. The molecule has 2 heterocycles.